The highest BCUT2D eigenvalue weighted by Crippen LogP contribution is 2.15. The molecule has 0 aliphatic rings. The lowest BCUT2D eigenvalue weighted by molar-refractivity contribution is 0.0646. The van der Waals surface area contributed by atoms with Crippen LogP contribution in [-0.4, -0.2) is 31.1 Å². The van der Waals surface area contributed by atoms with Crippen molar-refractivity contribution in [1.82, 2.24) is 15.6 Å². The fourth-order valence-corrected chi connectivity index (χ4v) is 2.96. The molecule has 0 amide bonds. The van der Waals surface area contributed by atoms with Gasteiger partial charge in [-0.15, -0.1) is 35.3 Å². The van der Waals surface area contributed by atoms with Crippen LogP contribution in [0.4, 0.5) is 0 Å². The first-order chi connectivity index (χ1) is 11.7. The van der Waals surface area contributed by atoms with E-state index in [9.17, 15) is 0 Å². The topological polar surface area (TPSA) is 58.5 Å². The lowest BCUT2D eigenvalue weighted by atomic mass is 10.1. The van der Waals surface area contributed by atoms with Crippen molar-refractivity contribution in [3.63, 3.8) is 0 Å². The molecule has 2 aromatic rings. The first-order valence-corrected chi connectivity index (χ1v) is 9.08. The maximum absolute atomic E-state index is 5.87. The van der Waals surface area contributed by atoms with Gasteiger partial charge in [0.15, 0.2) is 5.96 Å². The number of aromatic nitrogens is 1. The van der Waals surface area contributed by atoms with Crippen LogP contribution in [0.2, 0.25) is 0 Å². The van der Waals surface area contributed by atoms with E-state index in [0.29, 0.717) is 6.61 Å². The Balaban J connectivity index is 0.00000312. The molecule has 1 aromatic heterocycles. The van der Waals surface area contributed by atoms with Crippen molar-refractivity contribution < 1.29 is 4.74 Å². The van der Waals surface area contributed by atoms with Crippen LogP contribution < -0.4 is 10.6 Å². The van der Waals surface area contributed by atoms with Crippen LogP contribution in [-0.2, 0) is 11.3 Å². The Morgan fingerprint density at radius 1 is 1.28 bits per heavy atom. The summed E-state index contributed by atoms with van der Waals surface area (Å²) in [5, 5.41) is 6.61. The van der Waals surface area contributed by atoms with Crippen LogP contribution in [0, 0.1) is 6.92 Å². The molecule has 1 aromatic carbocycles. The van der Waals surface area contributed by atoms with Gasteiger partial charge in [-0.05, 0) is 25.8 Å². The molecule has 0 aliphatic carbocycles. The molecule has 2 N–H and O–H groups in total. The summed E-state index contributed by atoms with van der Waals surface area (Å²) in [5.41, 5.74) is 4.16. The van der Waals surface area contributed by atoms with Gasteiger partial charge in [0, 0.05) is 25.1 Å². The second-order valence-corrected chi connectivity index (χ2v) is 6.43. The second kappa shape index (κ2) is 12.2. The summed E-state index contributed by atoms with van der Waals surface area (Å²) in [6, 6.07) is 10.3. The number of rotatable bonds is 8. The van der Waals surface area contributed by atoms with Crippen molar-refractivity contribution in [2.75, 3.05) is 20.2 Å². The van der Waals surface area contributed by atoms with Crippen LogP contribution >= 0.6 is 35.3 Å². The van der Waals surface area contributed by atoms with Crippen molar-refractivity contribution in [2.45, 2.75) is 32.9 Å². The number of halogens is 1. The molecule has 1 atom stereocenters. The molecule has 0 saturated carbocycles. The van der Waals surface area contributed by atoms with Gasteiger partial charge in [0.05, 0.1) is 23.9 Å². The number of thiazole rings is 1. The Bertz CT molecular complexity index is 633. The third kappa shape index (κ3) is 7.70. The fraction of sp³-hybridized carbons (Fsp3) is 0.444. The van der Waals surface area contributed by atoms with Crippen LogP contribution in [0.25, 0.3) is 0 Å². The summed E-state index contributed by atoms with van der Waals surface area (Å²) in [6.45, 7) is 6.39. The Hall–Kier alpha value is -1.19. The van der Waals surface area contributed by atoms with Crippen molar-refractivity contribution in [1.29, 1.82) is 0 Å². The van der Waals surface area contributed by atoms with E-state index < -0.39 is 0 Å². The van der Waals surface area contributed by atoms with Gasteiger partial charge >= 0.3 is 0 Å². The Labute approximate surface area is 171 Å². The number of guanidine groups is 1. The molecule has 0 saturated heterocycles. The van der Waals surface area contributed by atoms with Gasteiger partial charge in [-0.1, -0.05) is 30.3 Å². The van der Waals surface area contributed by atoms with E-state index in [1.807, 2.05) is 30.6 Å². The summed E-state index contributed by atoms with van der Waals surface area (Å²) in [6.07, 6.45) is 1.05. The first kappa shape index (κ1) is 21.9. The predicted octanol–water partition coefficient (Wildman–Crippen LogP) is 3.90. The summed E-state index contributed by atoms with van der Waals surface area (Å²) in [4.78, 5) is 9.72. The van der Waals surface area contributed by atoms with E-state index in [-0.39, 0.29) is 30.1 Å². The maximum atomic E-state index is 5.87. The Morgan fingerprint density at radius 2 is 2.04 bits per heavy atom. The average Bonchev–Trinajstić information content (AvgIpc) is 3.03. The summed E-state index contributed by atoms with van der Waals surface area (Å²) in [5.74, 6) is 0.805. The standard InChI is InChI=1S/C18H26N4OS.HI/c1-14-17(24-13-22-14)12-21-18(19-3)20-10-7-11-23-15(2)16-8-5-4-6-9-16;/h4-6,8-9,13,15H,7,10-12H2,1-3H3,(H2,19,20,21);1H. The first-order valence-electron chi connectivity index (χ1n) is 8.20. The molecule has 5 nitrogen and oxygen atoms in total. The van der Waals surface area contributed by atoms with Crippen LogP contribution in [0.5, 0.6) is 0 Å². The number of nitrogens with one attached hydrogen (secondary N) is 2. The number of aryl methyl sites for hydroxylation is 1. The number of benzene rings is 1. The predicted molar refractivity (Wildman–Crippen MR) is 116 cm³/mol. The molecule has 25 heavy (non-hydrogen) atoms. The minimum absolute atomic E-state index is 0. The van der Waals surface area contributed by atoms with E-state index in [2.05, 4.69) is 39.7 Å². The second-order valence-electron chi connectivity index (χ2n) is 5.49. The normalized spacial score (nSPS) is 12.4. The van der Waals surface area contributed by atoms with Crippen LogP contribution in [0.3, 0.4) is 0 Å². The lowest BCUT2D eigenvalue weighted by Crippen LogP contribution is -2.37. The molecular formula is C18H27IN4OS. The summed E-state index contributed by atoms with van der Waals surface area (Å²) >= 11 is 1.66. The molecule has 0 fully saturated rings. The molecule has 1 heterocycles. The smallest absolute Gasteiger partial charge is 0.191 e. The van der Waals surface area contributed by atoms with Gasteiger partial charge in [-0.3, -0.25) is 4.99 Å². The zero-order chi connectivity index (χ0) is 17.2. The van der Waals surface area contributed by atoms with E-state index in [1.54, 1.807) is 18.4 Å². The zero-order valence-corrected chi connectivity index (χ0v) is 18.1. The quantitative estimate of drug-likeness (QED) is 0.264. The zero-order valence-electron chi connectivity index (χ0n) is 15.0. The number of nitrogens with zero attached hydrogens (tertiary/aromatic N) is 2. The van der Waals surface area contributed by atoms with Gasteiger partial charge in [0.2, 0.25) is 0 Å². The van der Waals surface area contributed by atoms with E-state index in [4.69, 9.17) is 4.74 Å². The summed E-state index contributed by atoms with van der Waals surface area (Å²) in [7, 11) is 1.78. The van der Waals surface area contributed by atoms with Crippen molar-refractivity contribution in [2.24, 2.45) is 4.99 Å². The molecule has 0 aliphatic heterocycles. The average molecular weight is 474 g/mol. The van der Waals surface area contributed by atoms with Crippen molar-refractivity contribution in [3.8, 4) is 0 Å². The summed E-state index contributed by atoms with van der Waals surface area (Å²) < 4.78 is 5.87. The lowest BCUT2D eigenvalue weighted by Gasteiger charge is -2.14. The number of hydrogen-bond donors (Lipinski definition) is 2. The van der Waals surface area contributed by atoms with Gasteiger partial charge in [-0.2, -0.15) is 0 Å². The molecular weight excluding hydrogens is 447 g/mol. The largest absolute Gasteiger partial charge is 0.374 e. The minimum atomic E-state index is 0. The molecule has 0 bridgehead atoms. The van der Waals surface area contributed by atoms with E-state index in [0.717, 1.165) is 31.2 Å². The Morgan fingerprint density at radius 3 is 2.68 bits per heavy atom. The maximum Gasteiger partial charge on any atom is 0.191 e. The molecule has 7 heteroatoms. The molecule has 0 radical (unpaired) electrons. The highest BCUT2D eigenvalue weighted by Gasteiger charge is 2.05. The van der Waals surface area contributed by atoms with Gasteiger partial charge in [0.25, 0.3) is 0 Å². The monoisotopic (exact) mass is 474 g/mol. The van der Waals surface area contributed by atoms with Gasteiger partial charge < -0.3 is 15.4 Å². The van der Waals surface area contributed by atoms with Crippen LogP contribution in [0.15, 0.2) is 40.8 Å². The third-order valence-corrected chi connectivity index (χ3v) is 4.67. The molecule has 1 unspecified atom stereocenters. The molecule has 0 spiro atoms. The highest BCUT2D eigenvalue weighted by atomic mass is 127. The van der Waals surface area contributed by atoms with E-state index >= 15 is 0 Å². The number of aliphatic imine (C=N–C) groups is 1. The van der Waals surface area contributed by atoms with Gasteiger partial charge in [-0.25, -0.2) is 4.98 Å². The number of hydrogen-bond acceptors (Lipinski definition) is 4. The van der Waals surface area contributed by atoms with Crippen LogP contribution in [0.1, 0.15) is 35.6 Å². The highest BCUT2D eigenvalue weighted by molar-refractivity contribution is 14.0. The van der Waals surface area contributed by atoms with Crippen molar-refractivity contribution >= 4 is 41.3 Å². The Kier molecular flexibility index (Phi) is 10.7. The third-order valence-electron chi connectivity index (χ3n) is 3.74. The molecule has 2 rings (SSSR count). The SMILES string of the molecule is CN=C(NCCCOC(C)c1ccccc1)NCc1scnc1C.I. The van der Waals surface area contributed by atoms with Crippen molar-refractivity contribution in [3.05, 3.63) is 52.0 Å². The van der Waals surface area contributed by atoms with Gasteiger partial charge in [0.1, 0.15) is 0 Å². The number of ether oxygens (including phenoxy) is 1. The fourth-order valence-electron chi connectivity index (χ4n) is 2.24. The minimum Gasteiger partial charge on any atom is -0.374 e. The van der Waals surface area contributed by atoms with E-state index in [1.165, 1.54) is 10.4 Å². The molecule has 138 valence electrons.